The molecule has 0 heterocycles. The second kappa shape index (κ2) is 3.90. The first kappa shape index (κ1) is 9.52. The summed E-state index contributed by atoms with van der Waals surface area (Å²) < 4.78 is 0. The van der Waals surface area contributed by atoms with Crippen molar-refractivity contribution in [2.45, 2.75) is 38.8 Å². The van der Waals surface area contributed by atoms with Crippen molar-refractivity contribution in [1.82, 2.24) is 10.2 Å². The summed E-state index contributed by atoms with van der Waals surface area (Å²) in [7, 11) is 1.85. The van der Waals surface area contributed by atoms with Gasteiger partial charge in [0.25, 0.3) is 0 Å². The lowest BCUT2D eigenvalue weighted by molar-refractivity contribution is -0.130. The quantitative estimate of drug-likeness (QED) is 0.670. The van der Waals surface area contributed by atoms with Gasteiger partial charge in [0.2, 0.25) is 5.91 Å². The number of hydrogen-bond acceptors (Lipinski definition) is 2. The second-order valence-corrected chi connectivity index (χ2v) is 3.75. The van der Waals surface area contributed by atoms with Crippen LogP contribution in [0.4, 0.5) is 0 Å². The molecule has 3 heteroatoms. The highest BCUT2D eigenvalue weighted by molar-refractivity contribution is 5.78. The summed E-state index contributed by atoms with van der Waals surface area (Å²) in [5.41, 5.74) is 0. The molecule has 0 saturated heterocycles. The lowest BCUT2D eigenvalue weighted by Gasteiger charge is -2.21. The van der Waals surface area contributed by atoms with Crippen molar-refractivity contribution in [3.63, 3.8) is 0 Å². The van der Waals surface area contributed by atoms with Gasteiger partial charge in [0.15, 0.2) is 0 Å². The van der Waals surface area contributed by atoms with Crippen LogP contribution < -0.4 is 5.32 Å². The van der Waals surface area contributed by atoms with Crippen molar-refractivity contribution in [2.75, 3.05) is 13.6 Å². The van der Waals surface area contributed by atoms with Crippen LogP contribution in [-0.2, 0) is 4.79 Å². The number of nitrogens with one attached hydrogen (secondary N) is 1. The fourth-order valence-electron chi connectivity index (χ4n) is 0.932. The summed E-state index contributed by atoms with van der Waals surface area (Å²) in [5.74, 6) is 0.192. The molecule has 0 aliphatic heterocycles. The number of amides is 1. The van der Waals surface area contributed by atoms with E-state index in [-0.39, 0.29) is 5.91 Å². The Kier molecular flexibility index (Phi) is 3.09. The summed E-state index contributed by atoms with van der Waals surface area (Å²) in [6, 6.07) is 0.924. The third-order valence-electron chi connectivity index (χ3n) is 2.29. The van der Waals surface area contributed by atoms with Crippen LogP contribution in [0, 0.1) is 0 Å². The molecule has 1 fully saturated rings. The number of carbonyl (C=O) groups excluding carboxylic acids is 1. The third kappa shape index (κ3) is 2.81. The predicted molar refractivity (Wildman–Crippen MR) is 48.9 cm³/mol. The standard InChI is InChI=1S/C9H18N2O/c1-7(2)11(3)9(12)6-10-8-4-5-8/h7-8,10H,4-6H2,1-3H3. The Balaban J connectivity index is 2.16. The molecule has 1 amide bonds. The average molecular weight is 170 g/mol. The summed E-state index contributed by atoms with van der Waals surface area (Å²) in [5, 5.41) is 3.20. The molecule has 0 aromatic carbocycles. The highest BCUT2D eigenvalue weighted by Crippen LogP contribution is 2.18. The molecule has 1 aliphatic carbocycles. The summed E-state index contributed by atoms with van der Waals surface area (Å²) in [6.07, 6.45) is 2.47. The maximum atomic E-state index is 11.4. The SMILES string of the molecule is CC(C)N(C)C(=O)CNC1CC1. The minimum absolute atomic E-state index is 0.192. The van der Waals surface area contributed by atoms with E-state index in [9.17, 15) is 4.79 Å². The first-order chi connectivity index (χ1) is 5.61. The maximum Gasteiger partial charge on any atom is 0.236 e. The molecule has 0 unspecified atom stereocenters. The number of rotatable bonds is 4. The van der Waals surface area contributed by atoms with Crippen molar-refractivity contribution >= 4 is 5.91 Å². The summed E-state index contributed by atoms with van der Waals surface area (Å²) >= 11 is 0. The van der Waals surface area contributed by atoms with Crippen LogP contribution in [0.15, 0.2) is 0 Å². The largest absolute Gasteiger partial charge is 0.342 e. The van der Waals surface area contributed by atoms with Gasteiger partial charge in [0.1, 0.15) is 0 Å². The Labute approximate surface area is 74.1 Å². The van der Waals surface area contributed by atoms with Gasteiger partial charge in [-0.25, -0.2) is 0 Å². The van der Waals surface area contributed by atoms with Crippen LogP contribution in [-0.4, -0.2) is 36.5 Å². The zero-order valence-electron chi connectivity index (χ0n) is 8.13. The van der Waals surface area contributed by atoms with Gasteiger partial charge in [-0.05, 0) is 26.7 Å². The lowest BCUT2D eigenvalue weighted by atomic mass is 10.3. The first-order valence-electron chi connectivity index (χ1n) is 4.60. The number of nitrogens with zero attached hydrogens (tertiary/aromatic N) is 1. The van der Waals surface area contributed by atoms with E-state index in [0.717, 1.165) is 0 Å². The second-order valence-electron chi connectivity index (χ2n) is 3.75. The van der Waals surface area contributed by atoms with Crippen molar-refractivity contribution in [3.8, 4) is 0 Å². The smallest absolute Gasteiger partial charge is 0.236 e. The van der Waals surface area contributed by atoms with Crippen LogP contribution in [0.1, 0.15) is 26.7 Å². The van der Waals surface area contributed by atoms with E-state index >= 15 is 0 Å². The van der Waals surface area contributed by atoms with Crippen LogP contribution in [0.3, 0.4) is 0 Å². The molecule has 0 aromatic heterocycles. The topological polar surface area (TPSA) is 32.3 Å². The Hall–Kier alpha value is -0.570. The molecule has 0 aromatic rings. The first-order valence-corrected chi connectivity index (χ1v) is 4.60. The van der Waals surface area contributed by atoms with Gasteiger partial charge in [-0.2, -0.15) is 0 Å². The molecular formula is C9H18N2O. The van der Waals surface area contributed by atoms with Gasteiger partial charge >= 0.3 is 0 Å². The Morgan fingerprint density at radius 1 is 1.58 bits per heavy atom. The maximum absolute atomic E-state index is 11.4. The van der Waals surface area contributed by atoms with E-state index < -0.39 is 0 Å². The van der Waals surface area contributed by atoms with E-state index in [4.69, 9.17) is 0 Å². The van der Waals surface area contributed by atoms with Crippen molar-refractivity contribution < 1.29 is 4.79 Å². The van der Waals surface area contributed by atoms with Crippen LogP contribution in [0.2, 0.25) is 0 Å². The van der Waals surface area contributed by atoms with Crippen LogP contribution >= 0.6 is 0 Å². The van der Waals surface area contributed by atoms with Crippen molar-refractivity contribution in [2.24, 2.45) is 0 Å². The van der Waals surface area contributed by atoms with Gasteiger partial charge in [0.05, 0.1) is 6.54 Å². The summed E-state index contributed by atoms with van der Waals surface area (Å²) in [6.45, 7) is 4.55. The van der Waals surface area contributed by atoms with Crippen LogP contribution in [0.5, 0.6) is 0 Å². The highest BCUT2D eigenvalue weighted by Gasteiger charge is 2.22. The Morgan fingerprint density at radius 2 is 2.17 bits per heavy atom. The molecule has 0 atom stereocenters. The van der Waals surface area contributed by atoms with E-state index in [2.05, 4.69) is 5.32 Å². The Bertz CT molecular complexity index is 164. The van der Waals surface area contributed by atoms with Crippen molar-refractivity contribution in [3.05, 3.63) is 0 Å². The molecular weight excluding hydrogens is 152 g/mol. The van der Waals surface area contributed by atoms with Gasteiger partial charge in [-0.15, -0.1) is 0 Å². The molecule has 3 nitrogen and oxygen atoms in total. The fraction of sp³-hybridized carbons (Fsp3) is 0.889. The third-order valence-corrected chi connectivity index (χ3v) is 2.29. The average Bonchev–Trinajstić information content (AvgIpc) is 2.81. The minimum Gasteiger partial charge on any atom is -0.342 e. The van der Waals surface area contributed by atoms with Gasteiger partial charge in [0, 0.05) is 19.1 Å². The molecule has 1 rings (SSSR count). The van der Waals surface area contributed by atoms with E-state index in [1.807, 2.05) is 20.9 Å². The summed E-state index contributed by atoms with van der Waals surface area (Å²) in [4.78, 5) is 13.2. The number of likely N-dealkylation sites (N-methyl/N-ethyl adjacent to an activating group) is 1. The number of hydrogen-bond donors (Lipinski definition) is 1. The number of carbonyl (C=O) groups is 1. The predicted octanol–water partition coefficient (Wildman–Crippen LogP) is 0.605. The van der Waals surface area contributed by atoms with Crippen molar-refractivity contribution in [1.29, 1.82) is 0 Å². The monoisotopic (exact) mass is 170 g/mol. The Morgan fingerprint density at radius 3 is 2.58 bits per heavy atom. The van der Waals surface area contributed by atoms with Crippen LogP contribution in [0.25, 0.3) is 0 Å². The normalized spacial score (nSPS) is 16.7. The van der Waals surface area contributed by atoms with Gasteiger partial charge < -0.3 is 10.2 Å². The van der Waals surface area contributed by atoms with E-state index in [1.165, 1.54) is 12.8 Å². The molecule has 12 heavy (non-hydrogen) atoms. The van der Waals surface area contributed by atoms with Gasteiger partial charge in [-0.3, -0.25) is 4.79 Å². The molecule has 0 radical (unpaired) electrons. The minimum atomic E-state index is 0.192. The zero-order chi connectivity index (χ0) is 9.14. The molecule has 0 bridgehead atoms. The van der Waals surface area contributed by atoms with E-state index in [1.54, 1.807) is 4.90 Å². The molecule has 1 N–H and O–H groups in total. The molecule has 1 aliphatic rings. The molecule has 1 saturated carbocycles. The molecule has 0 spiro atoms. The lowest BCUT2D eigenvalue weighted by Crippen LogP contribution is -2.39. The zero-order valence-corrected chi connectivity index (χ0v) is 8.13. The molecule has 70 valence electrons. The van der Waals surface area contributed by atoms with E-state index in [0.29, 0.717) is 18.6 Å². The highest BCUT2D eigenvalue weighted by atomic mass is 16.2. The fourth-order valence-corrected chi connectivity index (χ4v) is 0.932. The van der Waals surface area contributed by atoms with Gasteiger partial charge in [-0.1, -0.05) is 0 Å².